The van der Waals surface area contributed by atoms with Crippen LogP contribution < -0.4 is 19.6 Å². The minimum atomic E-state index is -0.536. The SMILES string of the molecule is COc1ccccc1[C@H]1C2=C(N=c3s/c(=C/c4cc([N+](=O)[O-])ccc4O)c(=O)n31)c1ccccc1CC2. The number of allylic oxidation sites excluding steroid dienone is 1. The van der Waals surface area contributed by atoms with Crippen LogP contribution in [0.1, 0.15) is 34.7 Å². The molecule has 1 N–H and O–H groups in total. The molecule has 8 nitrogen and oxygen atoms in total. The first-order valence-electron chi connectivity index (χ1n) is 11.7. The van der Waals surface area contributed by atoms with Crippen molar-refractivity contribution in [3.63, 3.8) is 0 Å². The molecule has 0 unspecified atom stereocenters. The fourth-order valence-corrected chi connectivity index (χ4v) is 6.10. The molecule has 0 saturated carbocycles. The van der Waals surface area contributed by atoms with E-state index in [4.69, 9.17) is 9.73 Å². The highest BCUT2D eigenvalue weighted by Crippen LogP contribution is 2.43. The zero-order valence-electron chi connectivity index (χ0n) is 19.7. The number of para-hydroxylation sites is 1. The summed E-state index contributed by atoms with van der Waals surface area (Å²) in [5, 5.41) is 21.6. The van der Waals surface area contributed by atoms with E-state index >= 15 is 0 Å². The number of nitro groups is 1. The number of fused-ring (bicyclic) bond motifs is 3. The van der Waals surface area contributed by atoms with E-state index in [0.29, 0.717) is 15.1 Å². The number of hydrogen-bond acceptors (Lipinski definition) is 7. The minimum Gasteiger partial charge on any atom is -0.507 e. The number of rotatable bonds is 4. The Kier molecular flexibility index (Phi) is 5.49. The normalized spacial score (nSPS) is 16.5. The molecule has 9 heteroatoms. The largest absolute Gasteiger partial charge is 0.507 e. The van der Waals surface area contributed by atoms with Gasteiger partial charge in [0.25, 0.3) is 11.2 Å². The number of hydrogen-bond donors (Lipinski definition) is 1. The van der Waals surface area contributed by atoms with Crippen molar-refractivity contribution in [2.75, 3.05) is 7.11 Å². The lowest BCUT2D eigenvalue weighted by molar-refractivity contribution is -0.384. The second-order valence-electron chi connectivity index (χ2n) is 8.86. The van der Waals surface area contributed by atoms with Crippen LogP contribution in [0.3, 0.4) is 0 Å². The molecule has 0 amide bonds. The Balaban J connectivity index is 1.64. The molecule has 1 aromatic heterocycles. The molecule has 2 aliphatic rings. The quantitative estimate of drug-likeness (QED) is 0.330. The molecule has 0 saturated heterocycles. The summed E-state index contributed by atoms with van der Waals surface area (Å²) in [5.41, 5.74) is 4.78. The highest BCUT2D eigenvalue weighted by molar-refractivity contribution is 7.07. The molecular weight excluding hydrogens is 490 g/mol. The molecule has 1 aliphatic carbocycles. The van der Waals surface area contributed by atoms with Crippen LogP contribution in [0, 0.1) is 10.1 Å². The Morgan fingerprint density at radius 2 is 1.92 bits per heavy atom. The lowest BCUT2D eigenvalue weighted by Gasteiger charge is -2.31. The van der Waals surface area contributed by atoms with Gasteiger partial charge in [0.2, 0.25) is 0 Å². The molecule has 3 aromatic carbocycles. The maximum Gasteiger partial charge on any atom is 0.271 e. The maximum atomic E-state index is 13.9. The number of benzene rings is 3. The summed E-state index contributed by atoms with van der Waals surface area (Å²) in [6, 6.07) is 19.1. The van der Waals surface area contributed by atoms with Gasteiger partial charge in [-0.25, -0.2) is 4.99 Å². The second-order valence-corrected chi connectivity index (χ2v) is 9.86. The first-order valence-corrected chi connectivity index (χ1v) is 12.5. The van der Waals surface area contributed by atoms with Gasteiger partial charge in [-0.05, 0) is 42.2 Å². The Morgan fingerprint density at radius 1 is 1.14 bits per heavy atom. The summed E-state index contributed by atoms with van der Waals surface area (Å²) in [5.74, 6) is 0.525. The number of aromatic hydroxyl groups is 1. The van der Waals surface area contributed by atoms with E-state index in [2.05, 4.69) is 12.1 Å². The van der Waals surface area contributed by atoms with Crippen LogP contribution in [-0.2, 0) is 6.42 Å². The molecule has 37 heavy (non-hydrogen) atoms. The number of nitro benzene ring substituents is 1. The van der Waals surface area contributed by atoms with Gasteiger partial charge in [0.15, 0.2) is 4.80 Å². The van der Waals surface area contributed by atoms with Crippen LogP contribution >= 0.6 is 11.3 Å². The van der Waals surface area contributed by atoms with Crippen LogP contribution in [0.4, 0.5) is 5.69 Å². The van der Waals surface area contributed by atoms with E-state index in [0.717, 1.165) is 35.2 Å². The third kappa shape index (κ3) is 3.75. The predicted molar refractivity (Wildman–Crippen MR) is 141 cm³/mol. The molecule has 4 aromatic rings. The van der Waals surface area contributed by atoms with Crippen molar-refractivity contribution in [1.29, 1.82) is 0 Å². The van der Waals surface area contributed by atoms with Gasteiger partial charge in [-0.15, -0.1) is 0 Å². The average Bonchev–Trinajstić information content (AvgIpc) is 3.22. The summed E-state index contributed by atoms with van der Waals surface area (Å²) < 4.78 is 7.68. The molecule has 1 atom stereocenters. The van der Waals surface area contributed by atoms with Gasteiger partial charge in [0.05, 0.1) is 28.3 Å². The molecule has 0 fully saturated rings. The van der Waals surface area contributed by atoms with E-state index in [9.17, 15) is 20.0 Å². The third-order valence-electron chi connectivity index (χ3n) is 6.81. The highest BCUT2D eigenvalue weighted by atomic mass is 32.1. The second kappa shape index (κ2) is 8.86. The summed E-state index contributed by atoms with van der Waals surface area (Å²) in [6.45, 7) is 0. The molecule has 6 rings (SSSR count). The number of non-ortho nitro benzene ring substituents is 1. The Hall–Kier alpha value is -4.50. The number of nitrogens with zero attached hydrogens (tertiary/aromatic N) is 3. The number of aromatic nitrogens is 1. The smallest absolute Gasteiger partial charge is 0.271 e. The first kappa shape index (κ1) is 22.9. The van der Waals surface area contributed by atoms with Gasteiger partial charge in [-0.1, -0.05) is 53.8 Å². The highest BCUT2D eigenvalue weighted by Gasteiger charge is 2.34. The van der Waals surface area contributed by atoms with Crippen LogP contribution in [0.2, 0.25) is 0 Å². The number of phenolic OH excluding ortho intramolecular Hbond substituents is 1. The van der Waals surface area contributed by atoms with E-state index in [1.807, 2.05) is 36.4 Å². The molecule has 0 radical (unpaired) electrons. The number of thiazole rings is 1. The van der Waals surface area contributed by atoms with Crippen LogP contribution in [0.25, 0.3) is 11.8 Å². The lowest BCUT2D eigenvalue weighted by atomic mass is 9.83. The topological polar surface area (TPSA) is 107 Å². The molecule has 184 valence electrons. The average molecular weight is 512 g/mol. The molecule has 2 heterocycles. The van der Waals surface area contributed by atoms with Gasteiger partial charge in [0, 0.05) is 28.8 Å². The summed E-state index contributed by atoms with van der Waals surface area (Å²) in [7, 11) is 1.61. The standard InChI is InChI=1S/C28H21N3O5S/c1-36-23-9-5-4-8-20(23)26-21-12-10-16-6-2-3-7-19(16)25(21)29-28-30(26)27(33)24(37-28)15-17-14-18(31(34)35)11-13-22(17)32/h2-9,11,13-15,26,32H,10,12H2,1H3/b24-15+/t26-/m0/s1. The minimum absolute atomic E-state index is 0.147. The first-order chi connectivity index (χ1) is 18.0. The van der Waals surface area contributed by atoms with Crippen LogP contribution in [0.15, 0.2) is 82.1 Å². The van der Waals surface area contributed by atoms with Crippen LogP contribution in [-0.4, -0.2) is 21.7 Å². The van der Waals surface area contributed by atoms with E-state index in [1.54, 1.807) is 11.7 Å². The number of aryl methyl sites for hydroxylation is 1. The monoisotopic (exact) mass is 511 g/mol. The molecule has 0 bridgehead atoms. The molecule has 1 aliphatic heterocycles. The van der Waals surface area contributed by atoms with Gasteiger partial charge >= 0.3 is 0 Å². The Labute approximate surface area is 214 Å². The van der Waals surface area contributed by atoms with Gasteiger partial charge in [-0.3, -0.25) is 19.5 Å². The van der Waals surface area contributed by atoms with Crippen molar-refractivity contribution in [3.05, 3.63) is 124 Å². The number of ether oxygens (including phenoxy) is 1. The molecule has 0 spiro atoms. The van der Waals surface area contributed by atoms with Crippen molar-refractivity contribution < 1.29 is 14.8 Å². The zero-order valence-corrected chi connectivity index (χ0v) is 20.6. The lowest BCUT2D eigenvalue weighted by Crippen LogP contribution is -2.39. The summed E-state index contributed by atoms with van der Waals surface area (Å²) >= 11 is 1.19. The third-order valence-corrected chi connectivity index (χ3v) is 7.80. The van der Waals surface area contributed by atoms with Crippen molar-refractivity contribution in [2.24, 2.45) is 4.99 Å². The van der Waals surface area contributed by atoms with Crippen molar-refractivity contribution in [2.45, 2.75) is 18.9 Å². The number of phenols is 1. The zero-order chi connectivity index (χ0) is 25.7. The van der Waals surface area contributed by atoms with Crippen molar-refractivity contribution >= 4 is 28.8 Å². The summed E-state index contributed by atoms with van der Waals surface area (Å²) in [6.07, 6.45) is 3.07. The fourth-order valence-electron chi connectivity index (χ4n) is 5.10. The number of methoxy groups -OCH3 is 1. The van der Waals surface area contributed by atoms with Crippen molar-refractivity contribution in [1.82, 2.24) is 4.57 Å². The fraction of sp³-hybridized carbons (Fsp3) is 0.143. The van der Waals surface area contributed by atoms with E-state index < -0.39 is 11.0 Å². The Bertz CT molecular complexity index is 1800. The maximum absolute atomic E-state index is 13.9. The van der Waals surface area contributed by atoms with Crippen LogP contribution in [0.5, 0.6) is 11.5 Å². The predicted octanol–water partition coefficient (Wildman–Crippen LogP) is 3.94. The van der Waals surface area contributed by atoms with Gasteiger partial charge < -0.3 is 9.84 Å². The van der Waals surface area contributed by atoms with E-state index in [1.165, 1.54) is 41.2 Å². The Morgan fingerprint density at radius 3 is 2.73 bits per heavy atom. The van der Waals surface area contributed by atoms with Gasteiger partial charge in [0.1, 0.15) is 11.5 Å². The van der Waals surface area contributed by atoms with E-state index in [-0.39, 0.29) is 22.6 Å². The van der Waals surface area contributed by atoms with Crippen molar-refractivity contribution in [3.8, 4) is 11.5 Å². The summed E-state index contributed by atoms with van der Waals surface area (Å²) in [4.78, 5) is 30.1. The molecular formula is C28H21N3O5S. The van der Waals surface area contributed by atoms with Gasteiger partial charge in [-0.2, -0.15) is 0 Å².